The Bertz CT molecular complexity index is 1050. The number of ether oxygens (including phenoxy) is 3. The summed E-state index contributed by atoms with van der Waals surface area (Å²) < 4.78 is 16.4. The predicted octanol–water partition coefficient (Wildman–Crippen LogP) is 6.20. The van der Waals surface area contributed by atoms with E-state index in [4.69, 9.17) is 25.8 Å². The van der Waals surface area contributed by atoms with E-state index in [9.17, 15) is 9.59 Å². The van der Waals surface area contributed by atoms with Gasteiger partial charge in [-0.05, 0) is 62.4 Å². The maximum Gasteiger partial charge on any atom is 0.412 e. The Morgan fingerprint density at radius 1 is 0.758 bits per heavy atom. The summed E-state index contributed by atoms with van der Waals surface area (Å²) in [5, 5.41) is 5.85. The van der Waals surface area contributed by atoms with Crippen LogP contribution in [0, 0.1) is 13.8 Å². The average Bonchev–Trinajstić information content (AvgIpc) is 2.80. The van der Waals surface area contributed by atoms with Crippen molar-refractivity contribution in [3.8, 4) is 5.75 Å². The number of carbonyl (C=O) groups is 2. The molecular weight excluding hydrogens is 444 g/mol. The van der Waals surface area contributed by atoms with Crippen molar-refractivity contribution in [1.82, 2.24) is 0 Å². The van der Waals surface area contributed by atoms with E-state index >= 15 is 0 Å². The first-order valence-corrected chi connectivity index (χ1v) is 10.7. The minimum Gasteiger partial charge on any atom is -0.490 e. The van der Waals surface area contributed by atoms with Gasteiger partial charge in [0.2, 0.25) is 0 Å². The molecule has 0 aliphatic carbocycles. The van der Waals surface area contributed by atoms with Crippen molar-refractivity contribution in [2.24, 2.45) is 0 Å². The molecule has 0 aliphatic rings. The molecule has 0 fully saturated rings. The van der Waals surface area contributed by atoms with Crippen molar-refractivity contribution in [2.75, 3.05) is 23.8 Å². The Kier molecular flexibility index (Phi) is 8.55. The van der Waals surface area contributed by atoms with Crippen LogP contribution in [0.5, 0.6) is 5.75 Å². The Labute approximate surface area is 197 Å². The molecule has 172 valence electrons. The van der Waals surface area contributed by atoms with Crippen LogP contribution in [0.3, 0.4) is 0 Å². The molecular formula is C25H25ClN2O5. The number of hydrogen-bond donors (Lipinski definition) is 2. The van der Waals surface area contributed by atoms with Crippen LogP contribution in [0.25, 0.3) is 0 Å². The van der Waals surface area contributed by atoms with Crippen LogP contribution in [0.15, 0.2) is 72.8 Å². The van der Waals surface area contributed by atoms with Crippen molar-refractivity contribution in [1.29, 1.82) is 0 Å². The predicted molar refractivity (Wildman–Crippen MR) is 128 cm³/mol. The minimum atomic E-state index is -0.852. The van der Waals surface area contributed by atoms with Gasteiger partial charge in [0.05, 0.1) is 0 Å². The second kappa shape index (κ2) is 11.8. The van der Waals surface area contributed by atoms with E-state index in [2.05, 4.69) is 10.6 Å². The number of amides is 2. The number of aryl methyl sites for hydroxylation is 2. The second-order valence-electron chi connectivity index (χ2n) is 7.37. The first-order chi connectivity index (χ1) is 15.9. The van der Waals surface area contributed by atoms with E-state index in [0.717, 1.165) is 11.1 Å². The highest BCUT2D eigenvalue weighted by Crippen LogP contribution is 2.16. The number of carbonyl (C=O) groups excluding carboxylic acids is 2. The smallest absolute Gasteiger partial charge is 0.412 e. The topological polar surface area (TPSA) is 85.9 Å². The van der Waals surface area contributed by atoms with Crippen LogP contribution in [-0.2, 0) is 9.47 Å². The highest BCUT2D eigenvalue weighted by molar-refractivity contribution is 6.30. The molecule has 3 aromatic carbocycles. The zero-order valence-corrected chi connectivity index (χ0v) is 19.1. The lowest BCUT2D eigenvalue weighted by molar-refractivity contribution is 0.0290. The van der Waals surface area contributed by atoms with Gasteiger partial charge in [-0.3, -0.25) is 10.6 Å². The summed E-state index contributed by atoms with van der Waals surface area (Å²) in [5.41, 5.74) is 3.32. The van der Waals surface area contributed by atoms with Crippen LogP contribution in [0.2, 0.25) is 5.02 Å². The van der Waals surface area contributed by atoms with E-state index in [1.165, 1.54) is 0 Å². The summed E-state index contributed by atoms with van der Waals surface area (Å²) in [6.07, 6.45) is -2.21. The van der Waals surface area contributed by atoms with Gasteiger partial charge in [0, 0.05) is 16.4 Å². The molecule has 0 bridgehead atoms. The first-order valence-electron chi connectivity index (χ1n) is 10.3. The summed E-state index contributed by atoms with van der Waals surface area (Å²) in [5.74, 6) is 0.538. The van der Waals surface area contributed by atoms with Gasteiger partial charge in [-0.2, -0.15) is 0 Å². The molecule has 0 aromatic heterocycles. The lowest BCUT2D eigenvalue weighted by Gasteiger charge is -2.19. The molecule has 0 aliphatic heterocycles. The van der Waals surface area contributed by atoms with Gasteiger partial charge in [-0.15, -0.1) is 0 Å². The van der Waals surface area contributed by atoms with Crippen molar-refractivity contribution in [3.63, 3.8) is 0 Å². The molecule has 0 saturated heterocycles. The molecule has 8 heteroatoms. The summed E-state index contributed by atoms with van der Waals surface area (Å²) >= 11 is 5.89. The van der Waals surface area contributed by atoms with Crippen LogP contribution >= 0.6 is 11.6 Å². The fourth-order valence-corrected chi connectivity index (χ4v) is 2.86. The molecule has 3 aromatic rings. The monoisotopic (exact) mass is 468 g/mol. The van der Waals surface area contributed by atoms with Crippen LogP contribution in [-0.4, -0.2) is 31.5 Å². The normalized spacial score (nSPS) is 11.2. The Morgan fingerprint density at radius 2 is 1.27 bits per heavy atom. The van der Waals surface area contributed by atoms with Crippen molar-refractivity contribution >= 4 is 35.2 Å². The van der Waals surface area contributed by atoms with E-state index in [1.54, 1.807) is 48.5 Å². The summed E-state index contributed by atoms with van der Waals surface area (Å²) in [6.45, 7) is 3.67. The Balaban J connectivity index is 1.57. The molecule has 0 spiro atoms. The number of nitrogens with one attached hydrogen (secondary N) is 2. The molecule has 0 radical (unpaired) electrons. The maximum atomic E-state index is 12.4. The number of anilines is 2. The highest BCUT2D eigenvalue weighted by atomic mass is 35.5. The van der Waals surface area contributed by atoms with Gasteiger partial charge < -0.3 is 14.2 Å². The summed E-state index contributed by atoms with van der Waals surface area (Å²) in [7, 11) is 0. The Morgan fingerprint density at radius 3 is 1.82 bits per heavy atom. The average molecular weight is 469 g/mol. The van der Waals surface area contributed by atoms with Crippen molar-refractivity contribution < 1.29 is 23.8 Å². The minimum absolute atomic E-state index is 0.0270. The van der Waals surface area contributed by atoms with Gasteiger partial charge in [0.25, 0.3) is 0 Å². The van der Waals surface area contributed by atoms with Crippen molar-refractivity contribution in [3.05, 3.63) is 88.9 Å². The molecule has 33 heavy (non-hydrogen) atoms. The second-order valence-corrected chi connectivity index (χ2v) is 7.81. The van der Waals surface area contributed by atoms with Gasteiger partial charge in [-0.1, -0.05) is 47.0 Å². The van der Waals surface area contributed by atoms with E-state index in [0.29, 0.717) is 22.1 Å². The van der Waals surface area contributed by atoms with Crippen LogP contribution < -0.4 is 15.4 Å². The van der Waals surface area contributed by atoms with Gasteiger partial charge >= 0.3 is 12.2 Å². The first kappa shape index (κ1) is 23.9. The van der Waals surface area contributed by atoms with Gasteiger partial charge in [-0.25, -0.2) is 9.59 Å². The summed E-state index contributed by atoms with van der Waals surface area (Å²) in [4.78, 5) is 24.5. The third kappa shape index (κ3) is 8.38. The van der Waals surface area contributed by atoms with Crippen molar-refractivity contribution in [2.45, 2.75) is 20.0 Å². The molecule has 7 nitrogen and oxygen atoms in total. The zero-order chi connectivity index (χ0) is 23.6. The number of rotatable bonds is 8. The van der Waals surface area contributed by atoms with Gasteiger partial charge in [0.1, 0.15) is 19.0 Å². The maximum absolute atomic E-state index is 12.4. The fraction of sp³-hybridized carbons (Fsp3) is 0.200. The standard InChI is InChI=1S/C25H25ClN2O5/c1-17-3-9-20(10-4-17)27-24(29)32-16-23(15-31-22-13-7-19(26)8-14-22)33-25(30)28-21-11-5-18(2)6-12-21/h3-14,23H,15-16H2,1-2H3,(H,27,29)(H,28,30)/t23-/m0/s1. The Hall–Kier alpha value is -3.71. The molecule has 1 atom stereocenters. The van der Waals surface area contributed by atoms with Gasteiger partial charge in [0.15, 0.2) is 6.10 Å². The molecule has 0 heterocycles. The number of benzene rings is 3. The van der Waals surface area contributed by atoms with Crippen LogP contribution in [0.1, 0.15) is 11.1 Å². The molecule has 3 rings (SSSR count). The lowest BCUT2D eigenvalue weighted by atomic mass is 10.2. The van der Waals surface area contributed by atoms with E-state index in [1.807, 2.05) is 38.1 Å². The SMILES string of the molecule is Cc1ccc(NC(=O)OC[C@H](COc2ccc(Cl)cc2)OC(=O)Nc2ccc(C)cc2)cc1. The highest BCUT2D eigenvalue weighted by Gasteiger charge is 2.19. The number of hydrogen-bond acceptors (Lipinski definition) is 5. The molecule has 0 saturated carbocycles. The molecule has 0 unspecified atom stereocenters. The third-order valence-electron chi connectivity index (χ3n) is 4.52. The van der Waals surface area contributed by atoms with Crippen LogP contribution in [0.4, 0.5) is 21.0 Å². The largest absolute Gasteiger partial charge is 0.490 e. The molecule has 2 N–H and O–H groups in total. The molecule has 2 amide bonds. The lowest BCUT2D eigenvalue weighted by Crippen LogP contribution is -2.33. The fourth-order valence-electron chi connectivity index (χ4n) is 2.73. The summed E-state index contributed by atoms with van der Waals surface area (Å²) in [6, 6.07) is 21.3. The number of halogens is 1. The quantitative estimate of drug-likeness (QED) is 0.411. The van der Waals surface area contributed by atoms with E-state index in [-0.39, 0.29) is 13.2 Å². The van der Waals surface area contributed by atoms with E-state index < -0.39 is 18.3 Å². The third-order valence-corrected chi connectivity index (χ3v) is 4.77. The zero-order valence-electron chi connectivity index (χ0n) is 18.3.